The molecule has 4 atom stereocenters. The first-order valence-corrected chi connectivity index (χ1v) is 6.94. The zero-order valence-electron chi connectivity index (χ0n) is 10.8. The van der Waals surface area contributed by atoms with Crippen LogP contribution >= 0.6 is 11.8 Å². The van der Waals surface area contributed by atoms with Crippen LogP contribution in [0.4, 0.5) is 0 Å². The van der Waals surface area contributed by atoms with Crippen LogP contribution in [0.1, 0.15) is 34.1 Å². The minimum absolute atomic E-state index is 0.00954. The van der Waals surface area contributed by atoms with E-state index in [-0.39, 0.29) is 29.4 Å². The number of nitrogens with two attached hydrogens (primary N) is 1. The fourth-order valence-electron chi connectivity index (χ4n) is 1.91. The van der Waals surface area contributed by atoms with Gasteiger partial charge in [0.15, 0.2) is 0 Å². The Bertz CT molecular complexity index is 218. The van der Waals surface area contributed by atoms with Gasteiger partial charge in [0.25, 0.3) is 0 Å². The lowest BCUT2D eigenvalue weighted by Gasteiger charge is -2.34. The second kappa shape index (κ2) is 5.71. The Kier molecular flexibility index (Phi) is 5.10. The molecule has 0 aliphatic carbocycles. The monoisotopic (exact) mass is 247 g/mol. The topological polar surface area (TPSA) is 55.5 Å². The van der Waals surface area contributed by atoms with Crippen molar-refractivity contribution >= 4 is 11.8 Å². The van der Waals surface area contributed by atoms with Crippen molar-refractivity contribution in [3.05, 3.63) is 0 Å². The molecule has 0 aromatic carbocycles. The van der Waals surface area contributed by atoms with Gasteiger partial charge in [-0.25, -0.2) is 0 Å². The van der Waals surface area contributed by atoms with Crippen LogP contribution in [0.25, 0.3) is 0 Å². The van der Waals surface area contributed by atoms with E-state index in [2.05, 4.69) is 27.7 Å². The van der Waals surface area contributed by atoms with Crippen LogP contribution in [0.3, 0.4) is 0 Å². The number of thioether (sulfide) groups is 1. The highest BCUT2D eigenvalue weighted by atomic mass is 32.2. The molecule has 96 valence electrons. The predicted octanol–water partition coefficient (Wildman–Crippen LogP) is 1.63. The molecule has 3 N–H and O–H groups in total. The third kappa shape index (κ3) is 3.62. The number of aliphatic hydroxyl groups is 1. The first-order valence-electron chi connectivity index (χ1n) is 5.99. The summed E-state index contributed by atoms with van der Waals surface area (Å²) in [6, 6.07) is 0.00954. The van der Waals surface area contributed by atoms with Gasteiger partial charge in [-0.1, -0.05) is 20.8 Å². The highest BCUT2D eigenvalue weighted by molar-refractivity contribution is 8.00. The van der Waals surface area contributed by atoms with Gasteiger partial charge in [0, 0.05) is 23.1 Å². The molecule has 0 saturated carbocycles. The molecule has 1 saturated heterocycles. The van der Waals surface area contributed by atoms with Crippen molar-refractivity contribution in [1.82, 2.24) is 0 Å². The summed E-state index contributed by atoms with van der Waals surface area (Å²) in [6.45, 7) is 9.44. The maximum atomic E-state index is 9.46. The van der Waals surface area contributed by atoms with Crippen molar-refractivity contribution in [2.24, 2.45) is 11.1 Å². The molecule has 1 heterocycles. The van der Waals surface area contributed by atoms with E-state index in [0.29, 0.717) is 5.25 Å². The van der Waals surface area contributed by atoms with Crippen molar-refractivity contribution < 1.29 is 9.84 Å². The van der Waals surface area contributed by atoms with Gasteiger partial charge in [0.05, 0.1) is 12.7 Å². The molecule has 1 rings (SSSR count). The normalized spacial score (nSPS) is 30.4. The molecule has 4 unspecified atom stereocenters. The minimum Gasteiger partial charge on any atom is -0.395 e. The van der Waals surface area contributed by atoms with Crippen molar-refractivity contribution in [2.45, 2.75) is 56.8 Å². The molecule has 3 nitrogen and oxygen atoms in total. The van der Waals surface area contributed by atoms with Crippen molar-refractivity contribution in [3.8, 4) is 0 Å². The second-order valence-corrected chi connectivity index (χ2v) is 7.14. The maximum absolute atomic E-state index is 9.46. The fourth-order valence-corrected chi connectivity index (χ4v) is 3.56. The molecule has 0 radical (unpaired) electrons. The Balaban J connectivity index is 2.54. The lowest BCUT2D eigenvalue weighted by molar-refractivity contribution is 0.127. The average Bonchev–Trinajstić information content (AvgIpc) is 2.58. The standard InChI is InChI=1S/C12H25NO2S/c1-8-9(5-6-15-8)16-10(7-14)11(13)12(2,3)4/h8-11,14H,5-7,13H2,1-4H3. The summed E-state index contributed by atoms with van der Waals surface area (Å²) in [7, 11) is 0. The SMILES string of the molecule is CC1OCCC1SC(CO)C(N)C(C)(C)C. The summed E-state index contributed by atoms with van der Waals surface area (Å²) in [5.74, 6) is 0. The molecule has 4 heteroatoms. The Morgan fingerprint density at radius 1 is 1.50 bits per heavy atom. The van der Waals surface area contributed by atoms with Crippen LogP contribution in [0, 0.1) is 5.41 Å². The number of aliphatic hydroxyl groups excluding tert-OH is 1. The largest absolute Gasteiger partial charge is 0.395 e. The van der Waals surface area contributed by atoms with Crippen molar-refractivity contribution in [2.75, 3.05) is 13.2 Å². The van der Waals surface area contributed by atoms with E-state index in [1.165, 1.54) is 0 Å². The molecule has 1 fully saturated rings. The minimum atomic E-state index is 0.00954. The van der Waals surface area contributed by atoms with Crippen LogP contribution in [-0.2, 0) is 4.74 Å². The third-order valence-corrected chi connectivity index (χ3v) is 5.00. The summed E-state index contributed by atoms with van der Waals surface area (Å²) < 4.78 is 5.53. The molecule has 0 spiro atoms. The lowest BCUT2D eigenvalue weighted by Crippen LogP contribution is -2.46. The summed E-state index contributed by atoms with van der Waals surface area (Å²) in [5.41, 5.74) is 6.24. The molecule has 1 aliphatic heterocycles. The van der Waals surface area contributed by atoms with Crippen molar-refractivity contribution in [3.63, 3.8) is 0 Å². The smallest absolute Gasteiger partial charge is 0.0666 e. The van der Waals surface area contributed by atoms with Crippen LogP contribution in [0.15, 0.2) is 0 Å². The second-order valence-electron chi connectivity index (χ2n) is 5.65. The quantitative estimate of drug-likeness (QED) is 0.793. The van der Waals surface area contributed by atoms with Gasteiger partial charge in [-0.2, -0.15) is 0 Å². The Morgan fingerprint density at radius 3 is 2.50 bits per heavy atom. The van der Waals surface area contributed by atoms with E-state index in [0.717, 1.165) is 13.0 Å². The molecule has 0 bridgehead atoms. The predicted molar refractivity (Wildman–Crippen MR) is 69.7 cm³/mol. The van der Waals surface area contributed by atoms with Crippen LogP contribution in [0.5, 0.6) is 0 Å². The van der Waals surface area contributed by atoms with E-state index >= 15 is 0 Å². The molecular formula is C12H25NO2S. The first-order chi connectivity index (χ1) is 7.36. The van der Waals surface area contributed by atoms with E-state index in [1.54, 1.807) is 11.8 Å². The number of hydrogen-bond donors (Lipinski definition) is 2. The molecule has 1 aliphatic rings. The fraction of sp³-hybridized carbons (Fsp3) is 1.00. The van der Waals surface area contributed by atoms with Crippen LogP contribution in [0.2, 0.25) is 0 Å². The molecule has 0 amide bonds. The van der Waals surface area contributed by atoms with E-state index in [4.69, 9.17) is 10.5 Å². The summed E-state index contributed by atoms with van der Waals surface area (Å²) in [6.07, 6.45) is 1.35. The average molecular weight is 247 g/mol. The maximum Gasteiger partial charge on any atom is 0.0666 e. The van der Waals surface area contributed by atoms with Gasteiger partial charge in [0.1, 0.15) is 0 Å². The van der Waals surface area contributed by atoms with Crippen LogP contribution < -0.4 is 5.73 Å². The van der Waals surface area contributed by atoms with E-state index < -0.39 is 0 Å². The molecule has 0 aromatic rings. The van der Waals surface area contributed by atoms with E-state index in [9.17, 15) is 5.11 Å². The Labute approximate surface area is 103 Å². The van der Waals surface area contributed by atoms with Gasteiger partial charge >= 0.3 is 0 Å². The summed E-state index contributed by atoms with van der Waals surface area (Å²) >= 11 is 1.80. The van der Waals surface area contributed by atoms with Crippen LogP contribution in [-0.4, -0.2) is 41.0 Å². The zero-order chi connectivity index (χ0) is 12.3. The molecule has 0 aromatic heterocycles. The van der Waals surface area contributed by atoms with Gasteiger partial charge < -0.3 is 15.6 Å². The highest BCUT2D eigenvalue weighted by Gasteiger charge is 2.34. The van der Waals surface area contributed by atoms with Gasteiger partial charge in [-0.05, 0) is 18.8 Å². The highest BCUT2D eigenvalue weighted by Crippen LogP contribution is 2.34. The Morgan fingerprint density at radius 2 is 2.12 bits per heavy atom. The zero-order valence-corrected chi connectivity index (χ0v) is 11.6. The number of rotatable bonds is 4. The summed E-state index contributed by atoms with van der Waals surface area (Å²) in [5, 5.41) is 10.0. The Hall–Kier alpha value is 0.230. The van der Waals surface area contributed by atoms with Gasteiger partial charge in [-0.3, -0.25) is 0 Å². The molecular weight excluding hydrogens is 222 g/mol. The molecule has 16 heavy (non-hydrogen) atoms. The third-order valence-electron chi connectivity index (χ3n) is 3.24. The first kappa shape index (κ1) is 14.3. The number of hydrogen-bond acceptors (Lipinski definition) is 4. The van der Waals surface area contributed by atoms with Gasteiger partial charge in [0.2, 0.25) is 0 Å². The lowest BCUT2D eigenvalue weighted by atomic mass is 9.85. The van der Waals surface area contributed by atoms with Crippen molar-refractivity contribution in [1.29, 1.82) is 0 Å². The van der Waals surface area contributed by atoms with E-state index in [1.807, 2.05) is 0 Å². The van der Waals surface area contributed by atoms with Gasteiger partial charge in [-0.15, -0.1) is 11.8 Å². The number of ether oxygens (including phenoxy) is 1. The summed E-state index contributed by atoms with van der Waals surface area (Å²) in [4.78, 5) is 0.